The van der Waals surface area contributed by atoms with E-state index in [1.54, 1.807) is 24.3 Å². The lowest BCUT2D eigenvalue weighted by molar-refractivity contribution is 0.0600. The molecule has 0 spiro atoms. The standard InChI is InChI=1S/C14H12O5S/c1-18-14(15)10-7-8-12(13(9-10)20(16)17)19-11-5-3-2-4-6-11/h2-9H,1H3,(H,16,17). The first-order valence-corrected chi connectivity index (χ1v) is 6.78. The van der Waals surface area contributed by atoms with Crippen LogP contribution in [0.5, 0.6) is 11.5 Å². The minimum Gasteiger partial charge on any atom is -0.465 e. The maximum atomic E-state index is 11.4. The molecule has 0 heterocycles. The third kappa shape index (κ3) is 3.23. The molecule has 6 heteroatoms. The van der Waals surface area contributed by atoms with Crippen LogP contribution in [0.25, 0.3) is 0 Å². The molecular weight excluding hydrogens is 280 g/mol. The fraction of sp³-hybridized carbons (Fsp3) is 0.0714. The SMILES string of the molecule is COC(=O)c1ccc(Oc2ccccc2)c(S(=O)O)c1. The van der Waals surface area contributed by atoms with Crippen LogP contribution in [0.1, 0.15) is 10.4 Å². The van der Waals surface area contributed by atoms with E-state index in [2.05, 4.69) is 4.74 Å². The van der Waals surface area contributed by atoms with E-state index in [1.807, 2.05) is 6.07 Å². The van der Waals surface area contributed by atoms with Crippen molar-refractivity contribution < 1.29 is 23.0 Å². The summed E-state index contributed by atoms with van der Waals surface area (Å²) in [5.41, 5.74) is 0.185. The number of benzene rings is 2. The summed E-state index contributed by atoms with van der Waals surface area (Å²) in [6.45, 7) is 0. The third-order valence-electron chi connectivity index (χ3n) is 2.52. The molecule has 20 heavy (non-hydrogen) atoms. The van der Waals surface area contributed by atoms with Gasteiger partial charge in [0.15, 0.2) is 11.1 Å². The fourth-order valence-corrected chi connectivity index (χ4v) is 2.10. The highest BCUT2D eigenvalue weighted by atomic mass is 32.2. The number of rotatable bonds is 4. The van der Waals surface area contributed by atoms with Crippen molar-refractivity contribution in [2.24, 2.45) is 0 Å². The molecule has 0 aliphatic heterocycles. The molecule has 0 amide bonds. The Morgan fingerprint density at radius 1 is 1.15 bits per heavy atom. The Hall–Kier alpha value is -2.18. The average Bonchev–Trinajstić information content (AvgIpc) is 2.47. The lowest BCUT2D eigenvalue weighted by atomic mass is 10.2. The summed E-state index contributed by atoms with van der Waals surface area (Å²) in [4.78, 5) is 11.4. The van der Waals surface area contributed by atoms with Gasteiger partial charge in [0.25, 0.3) is 0 Å². The van der Waals surface area contributed by atoms with Gasteiger partial charge in [-0.3, -0.25) is 0 Å². The Balaban J connectivity index is 2.38. The highest BCUT2D eigenvalue weighted by Crippen LogP contribution is 2.28. The Kier molecular flexibility index (Phi) is 4.49. The monoisotopic (exact) mass is 292 g/mol. The van der Waals surface area contributed by atoms with Crippen molar-refractivity contribution >= 4 is 17.0 Å². The molecule has 0 aliphatic carbocycles. The molecule has 1 atom stereocenters. The van der Waals surface area contributed by atoms with Crippen molar-refractivity contribution in [3.63, 3.8) is 0 Å². The minimum atomic E-state index is -2.28. The molecule has 104 valence electrons. The molecule has 5 nitrogen and oxygen atoms in total. The van der Waals surface area contributed by atoms with Gasteiger partial charge in [0.1, 0.15) is 16.4 Å². The third-order valence-corrected chi connectivity index (χ3v) is 3.22. The number of methoxy groups -OCH3 is 1. The summed E-state index contributed by atoms with van der Waals surface area (Å²) < 4.78 is 30.8. The summed E-state index contributed by atoms with van der Waals surface area (Å²) in [7, 11) is 1.24. The van der Waals surface area contributed by atoms with Crippen molar-refractivity contribution in [2.75, 3.05) is 7.11 Å². The molecule has 0 fully saturated rings. The second-order valence-corrected chi connectivity index (χ2v) is 4.76. The zero-order valence-corrected chi connectivity index (χ0v) is 11.4. The van der Waals surface area contributed by atoms with Crippen LogP contribution in [0.4, 0.5) is 0 Å². The normalized spacial score (nSPS) is 11.7. The van der Waals surface area contributed by atoms with Crippen molar-refractivity contribution in [2.45, 2.75) is 4.90 Å². The highest BCUT2D eigenvalue weighted by Gasteiger charge is 2.15. The van der Waals surface area contributed by atoms with E-state index in [1.165, 1.54) is 25.3 Å². The number of carbonyl (C=O) groups is 1. The number of para-hydroxylation sites is 1. The van der Waals surface area contributed by atoms with Gasteiger partial charge in [-0.05, 0) is 30.3 Å². The number of hydrogen-bond acceptors (Lipinski definition) is 4. The summed E-state index contributed by atoms with van der Waals surface area (Å²) >= 11 is -2.28. The smallest absolute Gasteiger partial charge is 0.337 e. The van der Waals surface area contributed by atoms with E-state index in [0.717, 1.165) is 0 Å². The van der Waals surface area contributed by atoms with Crippen molar-refractivity contribution in [1.82, 2.24) is 0 Å². The molecular formula is C14H12O5S. The predicted octanol–water partition coefficient (Wildman–Crippen LogP) is 2.85. The zero-order chi connectivity index (χ0) is 14.5. The van der Waals surface area contributed by atoms with E-state index < -0.39 is 17.0 Å². The van der Waals surface area contributed by atoms with Crippen molar-refractivity contribution in [3.05, 3.63) is 54.1 Å². The van der Waals surface area contributed by atoms with Gasteiger partial charge in [-0.25, -0.2) is 9.00 Å². The Bertz CT molecular complexity index is 639. The Morgan fingerprint density at radius 2 is 1.85 bits per heavy atom. The van der Waals surface area contributed by atoms with Crippen molar-refractivity contribution in [1.29, 1.82) is 0 Å². The quantitative estimate of drug-likeness (QED) is 0.693. The summed E-state index contributed by atoms with van der Waals surface area (Å²) in [6.07, 6.45) is 0. The molecule has 0 saturated carbocycles. The van der Waals surface area contributed by atoms with Crippen LogP contribution < -0.4 is 4.74 Å². The van der Waals surface area contributed by atoms with Crippen LogP contribution in [-0.4, -0.2) is 21.8 Å². The second-order valence-electron chi connectivity index (χ2n) is 3.82. The van der Waals surface area contributed by atoms with Gasteiger partial charge < -0.3 is 14.0 Å². The molecule has 0 aromatic heterocycles. The Morgan fingerprint density at radius 3 is 2.45 bits per heavy atom. The van der Waals surface area contributed by atoms with Gasteiger partial charge in [0.2, 0.25) is 0 Å². The molecule has 2 rings (SSSR count). The summed E-state index contributed by atoms with van der Waals surface area (Å²) in [5, 5.41) is 0. The number of hydrogen-bond donors (Lipinski definition) is 1. The van der Waals surface area contributed by atoms with Crippen LogP contribution in [0.2, 0.25) is 0 Å². The maximum absolute atomic E-state index is 11.4. The zero-order valence-electron chi connectivity index (χ0n) is 10.6. The predicted molar refractivity (Wildman–Crippen MR) is 73.3 cm³/mol. The molecule has 0 bridgehead atoms. The molecule has 0 saturated heterocycles. The largest absolute Gasteiger partial charge is 0.465 e. The minimum absolute atomic E-state index is 0.0109. The van der Waals surface area contributed by atoms with Gasteiger partial charge in [-0.1, -0.05) is 18.2 Å². The average molecular weight is 292 g/mol. The number of carbonyl (C=O) groups excluding carboxylic acids is 1. The van der Waals surface area contributed by atoms with Gasteiger partial charge in [-0.15, -0.1) is 0 Å². The first kappa shape index (κ1) is 14.2. The molecule has 0 radical (unpaired) electrons. The topological polar surface area (TPSA) is 72.8 Å². The van der Waals surface area contributed by atoms with Crippen LogP contribution in [-0.2, 0) is 15.8 Å². The van der Waals surface area contributed by atoms with Crippen LogP contribution in [0.15, 0.2) is 53.4 Å². The van der Waals surface area contributed by atoms with Crippen LogP contribution in [0, 0.1) is 0 Å². The lowest BCUT2D eigenvalue weighted by Crippen LogP contribution is -2.03. The van der Waals surface area contributed by atoms with Gasteiger partial charge in [0, 0.05) is 0 Å². The van der Waals surface area contributed by atoms with Crippen molar-refractivity contribution in [3.8, 4) is 11.5 Å². The first-order valence-electron chi connectivity index (χ1n) is 5.68. The van der Waals surface area contributed by atoms with E-state index in [-0.39, 0.29) is 16.2 Å². The van der Waals surface area contributed by atoms with E-state index in [0.29, 0.717) is 5.75 Å². The van der Waals surface area contributed by atoms with Crippen LogP contribution >= 0.6 is 0 Å². The molecule has 1 N–H and O–H groups in total. The highest BCUT2D eigenvalue weighted by molar-refractivity contribution is 7.79. The maximum Gasteiger partial charge on any atom is 0.337 e. The van der Waals surface area contributed by atoms with E-state index in [4.69, 9.17) is 4.74 Å². The summed E-state index contributed by atoms with van der Waals surface area (Å²) in [5.74, 6) is 0.165. The van der Waals surface area contributed by atoms with E-state index >= 15 is 0 Å². The fourth-order valence-electron chi connectivity index (χ4n) is 1.59. The van der Waals surface area contributed by atoms with Gasteiger partial charge in [-0.2, -0.15) is 0 Å². The summed E-state index contributed by atoms with van der Waals surface area (Å²) in [6, 6.07) is 13.1. The molecule has 0 aliphatic rings. The molecule has 2 aromatic rings. The lowest BCUT2D eigenvalue weighted by Gasteiger charge is -2.10. The number of ether oxygens (including phenoxy) is 2. The van der Waals surface area contributed by atoms with Gasteiger partial charge in [0.05, 0.1) is 12.7 Å². The molecule has 1 unspecified atom stereocenters. The first-order chi connectivity index (χ1) is 9.61. The van der Waals surface area contributed by atoms with Gasteiger partial charge >= 0.3 is 5.97 Å². The number of esters is 1. The second kappa shape index (κ2) is 6.31. The Labute approximate surface area is 118 Å². The molecule has 2 aromatic carbocycles. The van der Waals surface area contributed by atoms with E-state index in [9.17, 15) is 13.6 Å². The van der Waals surface area contributed by atoms with Crippen LogP contribution in [0.3, 0.4) is 0 Å².